The molecule has 2 amide bonds. The lowest BCUT2D eigenvalue weighted by atomic mass is 9.77. The van der Waals surface area contributed by atoms with Crippen LogP contribution < -0.4 is 0 Å². The largest absolute Gasteiger partial charge is 0.341 e. The van der Waals surface area contributed by atoms with Crippen molar-refractivity contribution < 1.29 is 9.59 Å². The van der Waals surface area contributed by atoms with Crippen molar-refractivity contribution in [2.45, 2.75) is 70.9 Å². The van der Waals surface area contributed by atoms with Gasteiger partial charge in [0.05, 0.1) is 5.41 Å². The molecule has 1 aromatic heterocycles. The molecule has 4 rings (SSSR count). The second kappa shape index (κ2) is 6.75. The molecule has 26 heavy (non-hydrogen) atoms. The van der Waals surface area contributed by atoms with Crippen LogP contribution in [-0.4, -0.2) is 51.9 Å². The van der Waals surface area contributed by atoms with Gasteiger partial charge in [-0.15, -0.1) is 0 Å². The molecule has 1 aliphatic carbocycles. The van der Waals surface area contributed by atoms with Crippen molar-refractivity contribution in [3.8, 4) is 0 Å². The van der Waals surface area contributed by atoms with Crippen LogP contribution in [-0.2, 0) is 4.79 Å². The molecule has 5 nitrogen and oxygen atoms in total. The van der Waals surface area contributed by atoms with E-state index in [-0.39, 0.29) is 17.4 Å². The maximum atomic E-state index is 13.3. The Morgan fingerprint density at radius 2 is 1.92 bits per heavy atom. The molecule has 0 N–H and O–H groups in total. The van der Waals surface area contributed by atoms with Crippen molar-refractivity contribution in [3.05, 3.63) is 24.0 Å². The van der Waals surface area contributed by atoms with E-state index in [0.29, 0.717) is 25.0 Å². The van der Waals surface area contributed by atoms with Gasteiger partial charge in [-0.3, -0.25) is 9.59 Å². The van der Waals surface area contributed by atoms with Gasteiger partial charge in [0.2, 0.25) is 5.91 Å². The van der Waals surface area contributed by atoms with E-state index in [1.165, 1.54) is 12.8 Å². The smallest absolute Gasteiger partial charge is 0.270 e. The second-order valence-corrected chi connectivity index (χ2v) is 8.69. The molecule has 2 aliphatic heterocycles. The lowest BCUT2D eigenvalue weighted by Gasteiger charge is -2.42. The molecule has 1 aromatic rings. The van der Waals surface area contributed by atoms with Gasteiger partial charge in [0.25, 0.3) is 5.91 Å². The summed E-state index contributed by atoms with van der Waals surface area (Å²) >= 11 is 0. The van der Waals surface area contributed by atoms with Gasteiger partial charge in [-0.2, -0.15) is 0 Å². The van der Waals surface area contributed by atoms with E-state index < -0.39 is 0 Å². The number of amides is 2. The fraction of sp³-hybridized carbons (Fsp3) is 0.714. The van der Waals surface area contributed by atoms with Crippen LogP contribution in [0.2, 0.25) is 0 Å². The van der Waals surface area contributed by atoms with E-state index in [0.717, 1.165) is 44.3 Å². The average Bonchev–Trinajstić information content (AvgIpc) is 3.38. The van der Waals surface area contributed by atoms with Crippen LogP contribution in [0.5, 0.6) is 0 Å². The van der Waals surface area contributed by atoms with Crippen molar-refractivity contribution >= 4 is 11.8 Å². The highest BCUT2D eigenvalue weighted by Gasteiger charge is 2.50. The Balaban J connectivity index is 1.50. The molecule has 1 spiro atoms. The van der Waals surface area contributed by atoms with E-state index >= 15 is 0 Å². The van der Waals surface area contributed by atoms with Crippen LogP contribution >= 0.6 is 0 Å². The van der Waals surface area contributed by atoms with Gasteiger partial charge in [-0.05, 0) is 58.1 Å². The zero-order valence-electron chi connectivity index (χ0n) is 16.1. The minimum atomic E-state index is -0.328. The van der Waals surface area contributed by atoms with Crippen molar-refractivity contribution in [1.82, 2.24) is 14.4 Å². The fourth-order valence-electron chi connectivity index (χ4n) is 5.28. The predicted molar refractivity (Wildman–Crippen MR) is 101 cm³/mol. The maximum Gasteiger partial charge on any atom is 0.270 e. The van der Waals surface area contributed by atoms with Crippen molar-refractivity contribution in [1.29, 1.82) is 0 Å². The van der Waals surface area contributed by atoms with Crippen LogP contribution in [0.3, 0.4) is 0 Å². The van der Waals surface area contributed by atoms with Crippen molar-refractivity contribution in [3.63, 3.8) is 0 Å². The minimum absolute atomic E-state index is 0.0753. The average molecular weight is 357 g/mol. The molecule has 3 fully saturated rings. The Bertz CT molecular complexity index is 689. The normalized spacial score (nSPS) is 27.3. The monoisotopic (exact) mass is 357 g/mol. The highest BCUT2D eigenvalue weighted by Crippen LogP contribution is 2.42. The SMILES string of the molecule is CC(C)n1cccc1C(=O)N1CC[C@]2(CCCN(C3CCCC3)C2=O)C1. The predicted octanol–water partition coefficient (Wildman–Crippen LogP) is 3.47. The van der Waals surface area contributed by atoms with Gasteiger partial charge >= 0.3 is 0 Å². The van der Waals surface area contributed by atoms with Crippen LogP contribution in [0, 0.1) is 5.41 Å². The molecule has 3 heterocycles. The number of carbonyl (C=O) groups excluding carboxylic acids is 2. The van der Waals surface area contributed by atoms with Gasteiger partial charge in [-0.25, -0.2) is 0 Å². The summed E-state index contributed by atoms with van der Waals surface area (Å²) in [6.07, 6.45) is 9.62. The Labute approximate surface area is 156 Å². The highest BCUT2D eigenvalue weighted by molar-refractivity contribution is 5.94. The summed E-state index contributed by atoms with van der Waals surface area (Å²) in [6.45, 7) is 6.39. The van der Waals surface area contributed by atoms with Gasteiger partial charge in [0.15, 0.2) is 0 Å². The first-order chi connectivity index (χ1) is 12.5. The third-order valence-corrected chi connectivity index (χ3v) is 6.73. The molecular weight excluding hydrogens is 326 g/mol. The molecule has 1 atom stereocenters. The molecule has 142 valence electrons. The van der Waals surface area contributed by atoms with Gasteiger partial charge in [0.1, 0.15) is 5.69 Å². The Morgan fingerprint density at radius 3 is 2.65 bits per heavy atom. The number of aromatic nitrogens is 1. The van der Waals surface area contributed by atoms with Gasteiger partial charge < -0.3 is 14.4 Å². The second-order valence-electron chi connectivity index (χ2n) is 8.69. The Morgan fingerprint density at radius 1 is 1.15 bits per heavy atom. The van der Waals surface area contributed by atoms with E-state index in [1.54, 1.807) is 0 Å². The quantitative estimate of drug-likeness (QED) is 0.831. The number of carbonyl (C=O) groups is 2. The molecule has 0 radical (unpaired) electrons. The molecule has 5 heteroatoms. The zero-order valence-corrected chi connectivity index (χ0v) is 16.1. The summed E-state index contributed by atoms with van der Waals surface area (Å²) in [5, 5.41) is 0. The number of likely N-dealkylation sites (tertiary alicyclic amines) is 2. The number of piperidine rings is 1. The maximum absolute atomic E-state index is 13.3. The number of hydrogen-bond donors (Lipinski definition) is 0. The van der Waals surface area contributed by atoms with Crippen LogP contribution in [0.25, 0.3) is 0 Å². The van der Waals surface area contributed by atoms with E-state index in [1.807, 2.05) is 27.8 Å². The summed E-state index contributed by atoms with van der Waals surface area (Å²) in [5.41, 5.74) is 0.416. The third-order valence-electron chi connectivity index (χ3n) is 6.73. The Kier molecular flexibility index (Phi) is 4.57. The number of nitrogens with zero attached hydrogens (tertiary/aromatic N) is 3. The standard InChI is InChI=1S/C21H31N3O2/c1-16(2)23-12-5-9-18(23)19(25)22-14-11-21(15-22)10-6-13-24(20(21)26)17-7-3-4-8-17/h5,9,12,16-17H,3-4,6-8,10-11,13-15H2,1-2H3/t21-/m1/s1. The zero-order chi connectivity index (χ0) is 18.3. The molecule has 1 saturated carbocycles. The van der Waals surface area contributed by atoms with Crippen molar-refractivity contribution in [2.75, 3.05) is 19.6 Å². The van der Waals surface area contributed by atoms with Crippen molar-refractivity contribution in [2.24, 2.45) is 5.41 Å². The van der Waals surface area contributed by atoms with Gasteiger partial charge in [0, 0.05) is 37.9 Å². The van der Waals surface area contributed by atoms with E-state index in [4.69, 9.17) is 0 Å². The molecular formula is C21H31N3O2. The topological polar surface area (TPSA) is 45.6 Å². The van der Waals surface area contributed by atoms with Crippen LogP contribution in [0.1, 0.15) is 75.3 Å². The van der Waals surface area contributed by atoms with Crippen LogP contribution in [0.4, 0.5) is 0 Å². The van der Waals surface area contributed by atoms with Crippen LogP contribution in [0.15, 0.2) is 18.3 Å². The molecule has 3 aliphatic rings. The summed E-state index contributed by atoms with van der Waals surface area (Å²) in [7, 11) is 0. The summed E-state index contributed by atoms with van der Waals surface area (Å²) in [6, 6.07) is 4.55. The lowest BCUT2D eigenvalue weighted by molar-refractivity contribution is -0.148. The molecule has 0 unspecified atom stereocenters. The number of rotatable bonds is 3. The summed E-state index contributed by atoms with van der Waals surface area (Å²) < 4.78 is 2.03. The minimum Gasteiger partial charge on any atom is -0.341 e. The first-order valence-corrected chi connectivity index (χ1v) is 10.3. The first kappa shape index (κ1) is 17.6. The molecule has 0 bridgehead atoms. The highest BCUT2D eigenvalue weighted by atomic mass is 16.2. The summed E-state index contributed by atoms with van der Waals surface area (Å²) in [4.78, 5) is 30.5. The van der Waals surface area contributed by atoms with E-state index in [2.05, 4.69) is 18.7 Å². The molecule has 0 aromatic carbocycles. The first-order valence-electron chi connectivity index (χ1n) is 10.3. The fourth-order valence-corrected chi connectivity index (χ4v) is 5.28. The third kappa shape index (κ3) is 2.85. The summed E-state index contributed by atoms with van der Waals surface area (Å²) in [5.74, 6) is 0.400. The van der Waals surface area contributed by atoms with E-state index in [9.17, 15) is 9.59 Å². The Hall–Kier alpha value is -1.78. The number of hydrogen-bond acceptors (Lipinski definition) is 2. The van der Waals surface area contributed by atoms with Gasteiger partial charge in [-0.1, -0.05) is 12.8 Å². The molecule has 2 saturated heterocycles. The lowest BCUT2D eigenvalue weighted by Crippen LogP contribution is -2.53.